The lowest BCUT2D eigenvalue weighted by Crippen LogP contribution is -2.35. The Morgan fingerprint density at radius 2 is 1.42 bits per heavy atom. The molecule has 0 fully saturated rings. The second-order valence-corrected chi connectivity index (χ2v) is 5.56. The lowest BCUT2D eigenvalue weighted by molar-refractivity contribution is -0.152. The lowest BCUT2D eigenvalue weighted by atomic mass is 10.1. The van der Waals surface area contributed by atoms with Crippen molar-refractivity contribution in [3.8, 4) is 0 Å². The number of rotatable bonds is 9. The molecule has 19 heavy (non-hydrogen) atoms. The maximum Gasteiger partial charge on any atom is 0.323 e. The Hall–Kier alpha value is -1.10. The van der Waals surface area contributed by atoms with Crippen molar-refractivity contribution in [1.82, 2.24) is 0 Å². The molecule has 0 saturated heterocycles. The van der Waals surface area contributed by atoms with Crippen LogP contribution in [0.25, 0.3) is 0 Å². The van der Waals surface area contributed by atoms with Gasteiger partial charge >= 0.3 is 11.9 Å². The van der Waals surface area contributed by atoms with Crippen molar-refractivity contribution < 1.29 is 19.1 Å². The summed E-state index contributed by atoms with van der Waals surface area (Å²) in [6.45, 7) is 8.88. The van der Waals surface area contributed by atoms with E-state index in [0.29, 0.717) is 25.0 Å². The van der Waals surface area contributed by atoms with E-state index in [1.807, 2.05) is 27.7 Å². The molecule has 0 unspecified atom stereocenters. The van der Waals surface area contributed by atoms with Crippen LogP contribution in [0.3, 0.4) is 0 Å². The highest BCUT2D eigenvalue weighted by Crippen LogP contribution is 2.03. The van der Waals surface area contributed by atoms with Gasteiger partial charge in [-0.2, -0.15) is 0 Å². The zero-order valence-electron chi connectivity index (χ0n) is 12.5. The summed E-state index contributed by atoms with van der Waals surface area (Å²) in [6, 6.07) is -0.932. The molecule has 0 heterocycles. The van der Waals surface area contributed by atoms with Gasteiger partial charge in [0.15, 0.2) is 0 Å². The summed E-state index contributed by atoms with van der Waals surface area (Å²) >= 11 is 0. The molecule has 0 spiro atoms. The predicted molar refractivity (Wildman–Crippen MR) is 73.4 cm³/mol. The molecule has 0 bridgehead atoms. The van der Waals surface area contributed by atoms with Crippen LogP contribution in [-0.4, -0.2) is 31.2 Å². The Balaban J connectivity index is 3.78. The highest BCUT2D eigenvalue weighted by Gasteiger charge is 2.19. The van der Waals surface area contributed by atoms with Gasteiger partial charge in [0.25, 0.3) is 0 Å². The van der Waals surface area contributed by atoms with Gasteiger partial charge in [-0.05, 0) is 24.7 Å². The van der Waals surface area contributed by atoms with Crippen molar-refractivity contribution in [3.05, 3.63) is 0 Å². The number of hydrogen-bond acceptors (Lipinski definition) is 5. The maximum absolute atomic E-state index is 11.5. The number of carbonyl (C=O) groups is 2. The summed E-state index contributed by atoms with van der Waals surface area (Å²) < 4.78 is 9.98. The average molecular weight is 273 g/mol. The molecular formula is C14H27NO4. The van der Waals surface area contributed by atoms with E-state index >= 15 is 0 Å². The Kier molecular flexibility index (Phi) is 9.21. The van der Waals surface area contributed by atoms with E-state index in [1.165, 1.54) is 0 Å². The monoisotopic (exact) mass is 273 g/mol. The van der Waals surface area contributed by atoms with Crippen LogP contribution in [0, 0.1) is 11.8 Å². The van der Waals surface area contributed by atoms with E-state index in [2.05, 4.69) is 0 Å². The molecule has 0 amide bonds. The van der Waals surface area contributed by atoms with E-state index in [9.17, 15) is 9.59 Å². The van der Waals surface area contributed by atoms with Gasteiger partial charge in [-0.25, -0.2) is 0 Å². The first-order chi connectivity index (χ1) is 8.82. The molecule has 5 nitrogen and oxygen atoms in total. The second-order valence-electron chi connectivity index (χ2n) is 5.56. The summed E-state index contributed by atoms with van der Waals surface area (Å²) in [6.07, 6.45) is 1.47. The number of esters is 2. The van der Waals surface area contributed by atoms with Crippen molar-refractivity contribution in [1.29, 1.82) is 0 Å². The van der Waals surface area contributed by atoms with Gasteiger partial charge in [-0.1, -0.05) is 27.7 Å². The molecule has 0 aliphatic heterocycles. The van der Waals surface area contributed by atoms with E-state index in [4.69, 9.17) is 15.2 Å². The molecule has 0 aliphatic carbocycles. The van der Waals surface area contributed by atoms with Gasteiger partial charge in [0, 0.05) is 0 Å². The van der Waals surface area contributed by atoms with Crippen LogP contribution < -0.4 is 5.73 Å². The molecule has 0 aromatic rings. The van der Waals surface area contributed by atoms with E-state index in [0.717, 1.165) is 12.8 Å². The highest BCUT2D eigenvalue weighted by molar-refractivity contribution is 5.82. The number of carbonyl (C=O) groups excluding carboxylic acids is 2. The Bertz CT molecular complexity index is 277. The average Bonchev–Trinajstić information content (AvgIpc) is 2.27. The first-order valence-corrected chi connectivity index (χ1v) is 6.90. The molecule has 0 radical (unpaired) electrons. The summed E-state index contributed by atoms with van der Waals surface area (Å²) in [5.41, 5.74) is 5.59. The van der Waals surface area contributed by atoms with Crippen LogP contribution in [0.5, 0.6) is 0 Å². The predicted octanol–water partition coefficient (Wildman–Crippen LogP) is 1.88. The van der Waals surface area contributed by atoms with E-state index in [1.54, 1.807) is 0 Å². The Labute approximate surface area is 115 Å². The summed E-state index contributed by atoms with van der Waals surface area (Å²) in [5, 5.41) is 0. The smallest absolute Gasteiger partial charge is 0.323 e. The third kappa shape index (κ3) is 10.5. The quantitative estimate of drug-likeness (QED) is 0.649. The Morgan fingerprint density at radius 1 is 0.947 bits per heavy atom. The van der Waals surface area contributed by atoms with Crippen molar-refractivity contribution >= 4 is 11.9 Å². The molecule has 1 atom stereocenters. The molecule has 112 valence electrons. The van der Waals surface area contributed by atoms with E-state index in [-0.39, 0.29) is 6.42 Å². The van der Waals surface area contributed by atoms with Crippen molar-refractivity contribution in [2.75, 3.05) is 13.2 Å². The first-order valence-electron chi connectivity index (χ1n) is 6.90. The van der Waals surface area contributed by atoms with Gasteiger partial charge in [0.2, 0.25) is 0 Å². The van der Waals surface area contributed by atoms with Crippen LogP contribution in [0.2, 0.25) is 0 Å². The SMILES string of the molecule is CC(C)CCOC(=O)C[C@H](N)C(=O)OCCC(C)C. The summed E-state index contributed by atoms with van der Waals surface area (Å²) in [4.78, 5) is 22.9. The molecule has 5 heteroatoms. The normalized spacial score (nSPS) is 12.6. The van der Waals surface area contributed by atoms with Crippen LogP contribution in [0.15, 0.2) is 0 Å². The van der Waals surface area contributed by atoms with Crippen molar-refractivity contribution in [2.24, 2.45) is 17.6 Å². The third-order valence-corrected chi connectivity index (χ3v) is 2.59. The lowest BCUT2D eigenvalue weighted by Gasteiger charge is -2.12. The summed E-state index contributed by atoms with van der Waals surface area (Å²) in [5.74, 6) is -0.0529. The van der Waals surface area contributed by atoms with Crippen LogP contribution >= 0.6 is 0 Å². The van der Waals surface area contributed by atoms with Gasteiger partial charge in [-0.15, -0.1) is 0 Å². The molecule has 0 rings (SSSR count). The fraction of sp³-hybridized carbons (Fsp3) is 0.857. The van der Waals surface area contributed by atoms with Gasteiger partial charge in [-0.3, -0.25) is 9.59 Å². The number of nitrogens with two attached hydrogens (primary N) is 1. The number of ether oxygens (including phenoxy) is 2. The zero-order valence-corrected chi connectivity index (χ0v) is 12.5. The molecule has 0 aromatic heterocycles. The topological polar surface area (TPSA) is 78.6 Å². The molecule has 0 saturated carbocycles. The molecule has 0 aromatic carbocycles. The van der Waals surface area contributed by atoms with Gasteiger partial charge in [0.1, 0.15) is 6.04 Å². The molecule has 0 aliphatic rings. The third-order valence-electron chi connectivity index (χ3n) is 2.59. The standard InChI is InChI=1S/C14H27NO4/c1-10(2)5-7-18-13(16)9-12(15)14(17)19-8-6-11(3)4/h10-12H,5-9,15H2,1-4H3/t12-/m0/s1. The highest BCUT2D eigenvalue weighted by atomic mass is 16.5. The fourth-order valence-electron chi connectivity index (χ4n) is 1.23. The first kappa shape index (κ1) is 17.9. The maximum atomic E-state index is 11.5. The number of hydrogen-bond donors (Lipinski definition) is 1. The molecular weight excluding hydrogens is 246 g/mol. The van der Waals surface area contributed by atoms with Gasteiger partial charge < -0.3 is 15.2 Å². The van der Waals surface area contributed by atoms with Crippen molar-refractivity contribution in [3.63, 3.8) is 0 Å². The minimum absolute atomic E-state index is 0.126. The largest absolute Gasteiger partial charge is 0.466 e. The van der Waals surface area contributed by atoms with Gasteiger partial charge in [0.05, 0.1) is 19.6 Å². The van der Waals surface area contributed by atoms with Crippen LogP contribution in [-0.2, 0) is 19.1 Å². The Morgan fingerprint density at radius 3 is 1.89 bits per heavy atom. The minimum Gasteiger partial charge on any atom is -0.466 e. The molecule has 2 N–H and O–H groups in total. The van der Waals surface area contributed by atoms with Crippen LogP contribution in [0.4, 0.5) is 0 Å². The second kappa shape index (κ2) is 9.78. The fourth-order valence-corrected chi connectivity index (χ4v) is 1.23. The van der Waals surface area contributed by atoms with Crippen LogP contribution in [0.1, 0.15) is 47.0 Å². The van der Waals surface area contributed by atoms with E-state index < -0.39 is 18.0 Å². The van der Waals surface area contributed by atoms with Crippen molar-refractivity contribution in [2.45, 2.75) is 53.0 Å². The minimum atomic E-state index is -0.932. The zero-order chi connectivity index (χ0) is 14.8. The summed E-state index contributed by atoms with van der Waals surface area (Å²) in [7, 11) is 0.